The number of carbonyl (C=O) groups is 2. The summed E-state index contributed by atoms with van der Waals surface area (Å²) in [7, 11) is 0. The van der Waals surface area contributed by atoms with Crippen LogP contribution in [0.3, 0.4) is 0 Å². The lowest BCUT2D eigenvalue weighted by Crippen LogP contribution is -2.34. The van der Waals surface area contributed by atoms with Crippen molar-refractivity contribution >= 4 is 40.5 Å². The zero-order valence-electron chi connectivity index (χ0n) is 23.3. The summed E-state index contributed by atoms with van der Waals surface area (Å²) in [5.41, 5.74) is 3.53. The van der Waals surface area contributed by atoms with Crippen molar-refractivity contribution in [1.82, 2.24) is 5.32 Å². The van der Waals surface area contributed by atoms with Crippen LogP contribution >= 0.6 is 12.2 Å². The van der Waals surface area contributed by atoms with Gasteiger partial charge in [0.05, 0.1) is 0 Å². The molecule has 0 aromatic heterocycles. The first-order chi connectivity index (χ1) is 19.7. The molecule has 4 rings (SSSR count). The Kier molecular flexibility index (Phi) is 9.71. The van der Waals surface area contributed by atoms with Gasteiger partial charge in [-0.05, 0) is 96.0 Å². The van der Waals surface area contributed by atoms with E-state index < -0.39 is 0 Å². The van der Waals surface area contributed by atoms with Crippen molar-refractivity contribution in [3.63, 3.8) is 0 Å². The molecule has 0 atom stereocenters. The average molecular weight is 568 g/mol. The highest BCUT2D eigenvalue weighted by Crippen LogP contribution is 2.23. The van der Waals surface area contributed by atoms with Gasteiger partial charge in [-0.1, -0.05) is 51.1 Å². The van der Waals surface area contributed by atoms with E-state index in [-0.39, 0.29) is 22.3 Å². The van der Waals surface area contributed by atoms with Crippen LogP contribution in [0.25, 0.3) is 0 Å². The number of amides is 2. The number of ether oxygens (including phenoxy) is 2. The topological polar surface area (TPSA) is 88.7 Å². The molecule has 0 aliphatic heterocycles. The molecule has 0 aliphatic carbocycles. The predicted octanol–water partition coefficient (Wildman–Crippen LogP) is 6.82. The number of anilines is 2. The van der Waals surface area contributed by atoms with Crippen molar-refractivity contribution in [3.05, 3.63) is 120 Å². The first kappa shape index (κ1) is 29.3. The van der Waals surface area contributed by atoms with E-state index in [1.54, 1.807) is 48.5 Å². The Morgan fingerprint density at radius 1 is 0.634 bits per heavy atom. The minimum absolute atomic E-state index is 0.0242. The van der Waals surface area contributed by atoms with Crippen molar-refractivity contribution in [3.8, 4) is 11.5 Å². The number of para-hydroxylation sites is 1. The Bertz CT molecular complexity index is 1460. The van der Waals surface area contributed by atoms with Crippen molar-refractivity contribution in [1.29, 1.82) is 0 Å². The van der Waals surface area contributed by atoms with Gasteiger partial charge in [0.1, 0.15) is 24.7 Å². The number of carbonyl (C=O) groups excluding carboxylic acids is 2. The quantitative estimate of drug-likeness (QED) is 0.152. The summed E-state index contributed by atoms with van der Waals surface area (Å²) in [6.07, 6.45) is 0. The van der Waals surface area contributed by atoms with Gasteiger partial charge < -0.3 is 20.1 Å². The van der Waals surface area contributed by atoms with Gasteiger partial charge in [-0.2, -0.15) is 0 Å². The normalized spacial score (nSPS) is 10.8. The molecule has 0 unspecified atom stereocenters. The largest absolute Gasteiger partial charge is 0.490 e. The van der Waals surface area contributed by atoms with Gasteiger partial charge in [0.2, 0.25) is 0 Å². The van der Waals surface area contributed by atoms with E-state index in [0.29, 0.717) is 41.5 Å². The van der Waals surface area contributed by atoms with Crippen molar-refractivity contribution in [2.75, 3.05) is 23.8 Å². The number of thiocarbonyl (C=S) groups is 1. The number of benzene rings is 4. The van der Waals surface area contributed by atoms with E-state index in [4.69, 9.17) is 21.7 Å². The average Bonchev–Trinajstić information content (AvgIpc) is 2.97. The van der Waals surface area contributed by atoms with E-state index in [0.717, 1.165) is 5.75 Å². The molecule has 0 radical (unpaired) electrons. The van der Waals surface area contributed by atoms with Gasteiger partial charge in [0.15, 0.2) is 5.11 Å². The molecule has 0 saturated heterocycles. The van der Waals surface area contributed by atoms with Crippen molar-refractivity contribution < 1.29 is 19.1 Å². The van der Waals surface area contributed by atoms with Crippen molar-refractivity contribution in [2.45, 2.75) is 26.2 Å². The first-order valence-corrected chi connectivity index (χ1v) is 13.6. The van der Waals surface area contributed by atoms with Gasteiger partial charge in [0, 0.05) is 22.5 Å². The van der Waals surface area contributed by atoms with E-state index in [1.807, 2.05) is 54.6 Å². The molecule has 0 fully saturated rings. The van der Waals surface area contributed by atoms with Crippen LogP contribution in [0.4, 0.5) is 11.4 Å². The molecule has 41 heavy (non-hydrogen) atoms. The van der Waals surface area contributed by atoms with E-state index in [9.17, 15) is 9.59 Å². The molecular weight excluding hydrogens is 534 g/mol. The molecule has 0 heterocycles. The highest BCUT2D eigenvalue weighted by Gasteiger charge is 2.14. The third-order valence-corrected chi connectivity index (χ3v) is 6.33. The van der Waals surface area contributed by atoms with Gasteiger partial charge in [0.25, 0.3) is 11.8 Å². The minimum atomic E-state index is -0.345. The highest BCUT2D eigenvalue weighted by atomic mass is 32.1. The molecule has 3 N–H and O–H groups in total. The zero-order chi connectivity index (χ0) is 29.2. The van der Waals surface area contributed by atoms with Crippen LogP contribution in [0.5, 0.6) is 11.5 Å². The summed E-state index contributed by atoms with van der Waals surface area (Å²) in [5, 5.41) is 8.70. The van der Waals surface area contributed by atoms with E-state index in [1.165, 1.54) is 5.56 Å². The molecule has 7 nitrogen and oxygen atoms in total. The molecule has 0 bridgehead atoms. The third kappa shape index (κ3) is 8.91. The summed E-state index contributed by atoms with van der Waals surface area (Å²) in [6, 6.07) is 31.0. The second kappa shape index (κ2) is 13.6. The molecule has 2 amide bonds. The monoisotopic (exact) mass is 567 g/mol. The van der Waals surface area contributed by atoms with Gasteiger partial charge in [-0.25, -0.2) is 0 Å². The van der Waals surface area contributed by atoms with Gasteiger partial charge in [-0.3, -0.25) is 14.9 Å². The van der Waals surface area contributed by atoms with Crippen molar-refractivity contribution in [2.24, 2.45) is 0 Å². The number of hydrogen-bond acceptors (Lipinski definition) is 5. The fraction of sp³-hybridized carbons (Fsp3) is 0.182. The number of hydrogen-bond donors (Lipinski definition) is 3. The lowest BCUT2D eigenvalue weighted by molar-refractivity contribution is 0.0976. The third-order valence-electron chi connectivity index (χ3n) is 6.12. The Morgan fingerprint density at radius 2 is 1.12 bits per heavy atom. The lowest BCUT2D eigenvalue weighted by atomic mass is 9.87. The second-order valence-corrected chi connectivity index (χ2v) is 10.7. The van der Waals surface area contributed by atoms with Crippen LogP contribution in [-0.4, -0.2) is 30.1 Å². The Hall–Kier alpha value is -4.69. The number of nitrogens with one attached hydrogen (secondary N) is 3. The Balaban J connectivity index is 1.21. The molecule has 8 heteroatoms. The van der Waals surface area contributed by atoms with Gasteiger partial charge >= 0.3 is 0 Å². The summed E-state index contributed by atoms with van der Waals surface area (Å²) < 4.78 is 11.3. The Morgan fingerprint density at radius 3 is 1.68 bits per heavy atom. The molecule has 4 aromatic carbocycles. The lowest BCUT2D eigenvalue weighted by Gasteiger charge is -2.19. The predicted molar refractivity (Wildman–Crippen MR) is 167 cm³/mol. The van der Waals surface area contributed by atoms with Crippen LogP contribution < -0.4 is 25.4 Å². The number of rotatable bonds is 9. The van der Waals surface area contributed by atoms with E-state index >= 15 is 0 Å². The molecule has 0 aliphatic rings. The van der Waals surface area contributed by atoms with Crippen LogP contribution in [-0.2, 0) is 5.41 Å². The molecule has 210 valence electrons. The first-order valence-electron chi connectivity index (χ1n) is 13.2. The molecule has 0 spiro atoms. The molecular formula is C33H33N3O4S. The fourth-order valence-corrected chi connectivity index (χ4v) is 4.05. The smallest absolute Gasteiger partial charge is 0.257 e. The Labute approximate surface area is 245 Å². The SMILES string of the molecule is CC(C)(C)c1ccc(C(=O)Nc2ccc(NC(=S)NC(=O)c3ccc(OCCOc4ccccc4)cc3)cc2)cc1. The maximum absolute atomic E-state index is 12.6. The molecule has 0 saturated carbocycles. The summed E-state index contributed by atoms with van der Waals surface area (Å²) >= 11 is 5.30. The van der Waals surface area contributed by atoms with E-state index in [2.05, 4.69) is 36.7 Å². The van der Waals surface area contributed by atoms with Gasteiger partial charge in [-0.15, -0.1) is 0 Å². The summed E-state index contributed by atoms with van der Waals surface area (Å²) in [5.74, 6) is 0.884. The van der Waals surface area contributed by atoms with Crippen LogP contribution in [0, 0.1) is 0 Å². The molecule has 4 aromatic rings. The second-order valence-electron chi connectivity index (χ2n) is 10.3. The standard InChI is InChI=1S/C33H33N3O4S/c1-33(2,3)25-13-9-23(10-14-25)30(37)34-26-15-17-27(18-16-26)35-32(41)36-31(38)24-11-19-29(20-12-24)40-22-21-39-28-7-5-4-6-8-28/h4-20H,21-22H2,1-3H3,(H,34,37)(H2,35,36,38,41). The van der Waals surface area contributed by atoms with Crippen LogP contribution in [0.15, 0.2) is 103 Å². The van der Waals surface area contributed by atoms with Crippen LogP contribution in [0.2, 0.25) is 0 Å². The highest BCUT2D eigenvalue weighted by molar-refractivity contribution is 7.80. The fourth-order valence-electron chi connectivity index (χ4n) is 3.84. The maximum Gasteiger partial charge on any atom is 0.257 e. The summed E-state index contributed by atoms with van der Waals surface area (Å²) in [6.45, 7) is 7.18. The maximum atomic E-state index is 12.6. The minimum Gasteiger partial charge on any atom is -0.490 e. The zero-order valence-corrected chi connectivity index (χ0v) is 24.1. The summed E-state index contributed by atoms with van der Waals surface area (Å²) in [4.78, 5) is 25.2. The van der Waals surface area contributed by atoms with Crippen LogP contribution in [0.1, 0.15) is 47.1 Å².